The molecule has 0 saturated carbocycles. The van der Waals surface area contributed by atoms with Gasteiger partial charge in [-0.1, -0.05) is 5.11 Å². The molecule has 0 aromatic carbocycles. The Balaban J connectivity index is 2.40. The van der Waals surface area contributed by atoms with Gasteiger partial charge in [0.25, 0.3) is 0 Å². The number of rotatable bonds is 3. The minimum Gasteiger partial charge on any atom is -0.394 e. The first kappa shape index (κ1) is 9.28. The van der Waals surface area contributed by atoms with E-state index in [9.17, 15) is 5.11 Å². The molecule has 1 unspecified atom stereocenters. The average Bonchev–Trinajstić information content (AvgIpc) is 2.43. The quantitative estimate of drug-likeness (QED) is 0.351. The molecule has 0 spiro atoms. The first-order valence-electron chi connectivity index (χ1n) is 3.73. The molecule has 1 aliphatic heterocycles. The van der Waals surface area contributed by atoms with E-state index in [4.69, 9.17) is 15.4 Å². The molecule has 6 heteroatoms. The Kier molecular flexibility index (Phi) is 3.31. The van der Waals surface area contributed by atoms with E-state index in [1.165, 1.54) is 0 Å². The van der Waals surface area contributed by atoms with Gasteiger partial charge in [-0.3, -0.25) is 0 Å². The van der Waals surface area contributed by atoms with Crippen LogP contribution >= 0.6 is 0 Å². The predicted molar refractivity (Wildman–Crippen MR) is 40.4 cm³/mol. The van der Waals surface area contributed by atoms with Gasteiger partial charge >= 0.3 is 0 Å². The van der Waals surface area contributed by atoms with Crippen LogP contribution in [-0.2, 0) is 4.74 Å². The highest BCUT2D eigenvalue weighted by Gasteiger charge is 2.32. The summed E-state index contributed by atoms with van der Waals surface area (Å²) in [6, 6.07) is 0. The molecule has 2 N–H and O–H groups in total. The van der Waals surface area contributed by atoms with E-state index < -0.39 is 12.2 Å². The highest BCUT2D eigenvalue weighted by molar-refractivity contribution is 4.83. The smallest absolute Gasteiger partial charge is 0.0896 e. The van der Waals surface area contributed by atoms with Gasteiger partial charge in [0.05, 0.1) is 31.5 Å². The maximum atomic E-state index is 9.30. The summed E-state index contributed by atoms with van der Waals surface area (Å²) in [5, 5.41) is 21.3. The number of aliphatic hydroxyl groups excluding tert-OH is 2. The lowest BCUT2D eigenvalue weighted by Crippen LogP contribution is -2.23. The zero-order chi connectivity index (χ0) is 8.97. The van der Waals surface area contributed by atoms with Gasteiger partial charge in [-0.15, -0.1) is 0 Å². The van der Waals surface area contributed by atoms with E-state index in [1.807, 2.05) is 0 Å². The lowest BCUT2D eigenvalue weighted by atomic mass is 10.1. The van der Waals surface area contributed by atoms with Crippen molar-refractivity contribution in [2.75, 3.05) is 13.2 Å². The van der Waals surface area contributed by atoms with Crippen LogP contribution in [0.25, 0.3) is 10.4 Å². The van der Waals surface area contributed by atoms with Crippen LogP contribution in [0, 0.1) is 0 Å². The third-order valence-electron chi connectivity index (χ3n) is 1.83. The molecule has 12 heavy (non-hydrogen) atoms. The molecular formula is C6H11N3O3. The molecule has 6 nitrogen and oxygen atoms in total. The molecule has 1 rings (SSSR count). The summed E-state index contributed by atoms with van der Waals surface area (Å²) < 4.78 is 5.16. The second-order valence-electron chi connectivity index (χ2n) is 2.70. The van der Waals surface area contributed by atoms with E-state index in [0.717, 1.165) is 0 Å². The Morgan fingerprint density at radius 2 is 2.42 bits per heavy atom. The molecule has 1 heterocycles. The monoisotopic (exact) mass is 173 g/mol. The SMILES string of the molecule is [N-]=[N+]=NC[C@H]1O[C@H](CO)CC1O. The van der Waals surface area contributed by atoms with Gasteiger partial charge in [0.1, 0.15) is 0 Å². The molecule has 0 amide bonds. The van der Waals surface area contributed by atoms with Crippen molar-refractivity contribution in [2.24, 2.45) is 5.11 Å². The van der Waals surface area contributed by atoms with Crippen molar-refractivity contribution >= 4 is 0 Å². The van der Waals surface area contributed by atoms with Crippen LogP contribution in [-0.4, -0.2) is 41.7 Å². The Morgan fingerprint density at radius 3 is 2.92 bits per heavy atom. The van der Waals surface area contributed by atoms with E-state index in [2.05, 4.69) is 10.0 Å². The van der Waals surface area contributed by atoms with Crippen LogP contribution in [0.15, 0.2) is 5.11 Å². The summed E-state index contributed by atoms with van der Waals surface area (Å²) in [4.78, 5) is 2.56. The Morgan fingerprint density at radius 1 is 1.67 bits per heavy atom. The van der Waals surface area contributed by atoms with Gasteiger partial charge in [0, 0.05) is 11.3 Å². The number of hydrogen-bond donors (Lipinski definition) is 2. The third kappa shape index (κ3) is 2.09. The van der Waals surface area contributed by atoms with Crippen molar-refractivity contribution < 1.29 is 14.9 Å². The molecule has 0 aromatic heterocycles. The Hall–Kier alpha value is -0.810. The van der Waals surface area contributed by atoms with Crippen LogP contribution < -0.4 is 0 Å². The largest absolute Gasteiger partial charge is 0.394 e. The van der Waals surface area contributed by atoms with E-state index >= 15 is 0 Å². The van der Waals surface area contributed by atoms with Crippen LogP contribution in [0.2, 0.25) is 0 Å². The van der Waals surface area contributed by atoms with Crippen LogP contribution in [0.4, 0.5) is 0 Å². The first-order valence-corrected chi connectivity index (χ1v) is 3.73. The Labute approximate surface area is 69.4 Å². The maximum absolute atomic E-state index is 9.30. The van der Waals surface area contributed by atoms with Crippen molar-refractivity contribution in [1.29, 1.82) is 0 Å². The van der Waals surface area contributed by atoms with E-state index in [1.54, 1.807) is 0 Å². The fourth-order valence-electron chi connectivity index (χ4n) is 1.21. The van der Waals surface area contributed by atoms with Crippen molar-refractivity contribution in [3.63, 3.8) is 0 Å². The third-order valence-corrected chi connectivity index (χ3v) is 1.83. The Bertz CT molecular complexity index is 192. The molecule has 0 bridgehead atoms. The normalized spacial score (nSPS) is 34.7. The molecule has 68 valence electrons. The number of hydrogen-bond acceptors (Lipinski definition) is 4. The molecule has 0 radical (unpaired) electrons. The molecule has 1 saturated heterocycles. The fraction of sp³-hybridized carbons (Fsp3) is 1.00. The van der Waals surface area contributed by atoms with Crippen molar-refractivity contribution in [1.82, 2.24) is 0 Å². The fourth-order valence-corrected chi connectivity index (χ4v) is 1.21. The summed E-state index contributed by atoms with van der Waals surface area (Å²) in [5.41, 5.74) is 8.01. The minimum atomic E-state index is -0.632. The van der Waals surface area contributed by atoms with Crippen LogP contribution in [0.3, 0.4) is 0 Å². The molecule has 0 aliphatic carbocycles. The summed E-state index contributed by atoms with van der Waals surface area (Å²) in [6.07, 6.45) is -1.01. The molecule has 3 atom stereocenters. The summed E-state index contributed by atoms with van der Waals surface area (Å²) >= 11 is 0. The first-order chi connectivity index (χ1) is 5.77. The summed E-state index contributed by atoms with van der Waals surface area (Å²) in [5.74, 6) is 0. The van der Waals surface area contributed by atoms with Crippen LogP contribution in [0.1, 0.15) is 6.42 Å². The van der Waals surface area contributed by atoms with E-state index in [0.29, 0.717) is 6.42 Å². The molecule has 0 aromatic rings. The number of ether oxygens (including phenoxy) is 1. The van der Waals surface area contributed by atoms with Gasteiger partial charge in [-0.2, -0.15) is 0 Å². The number of azide groups is 1. The average molecular weight is 173 g/mol. The predicted octanol–water partition coefficient (Wildman–Crippen LogP) is -0.193. The second-order valence-corrected chi connectivity index (χ2v) is 2.70. The number of aliphatic hydroxyl groups is 2. The van der Waals surface area contributed by atoms with Crippen molar-refractivity contribution in [2.45, 2.75) is 24.7 Å². The van der Waals surface area contributed by atoms with Gasteiger partial charge in [0.2, 0.25) is 0 Å². The zero-order valence-electron chi connectivity index (χ0n) is 6.50. The topological polar surface area (TPSA) is 98.5 Å². The van der Waals surface area contributed by atoms with Crippen molar-refractivity contribution in [3.8, 4) is 0 Å². The molecule has 1 fully saturated rings. The van der Waals surface area contributed by atoms with Crippen LogP contribution in [0.5, 0.6) is 0 Å². The lowest BCUT2D eigenvalue weighted by molar-refractivity contribution is -0.00423. The van der Waals surface area contributed by atoms with Gasteiger partial charge in [-0.25, -0.2) is 0 Å². The van der Waals surface area contributed by atoms with Gasteiger partial charge < -0.3 is 14.9 Å². The summed E-state index contributed by atoms with van der Waals surface area (Å²) in [7, 11) is 0. The minimum absolute atomic E-state index is 0.107. The highest BCUT2D eigenvalue weighted by Crippen LogP contribution is 2.20. The van der Waals surface area contributed by atoms with E-state index in [-0.39, 0.29) is 19.3 Å². The number of nitrogens with zero attached hydrogens (tertiary/aromatic N) is 3. The second kappa shape index (κ2) is 4.27. The standard InChI is InChI=1S/C6H11N3O3/c7-9-8-2-6-5(11)1-4(3-10)12-6/h4-6,10-11H,1-3H2/t4-,5?,6+/m0/s1. The molecule has 1 aliphatic rings. The summed E-state index contributed by atoms with van der Waals surface area (Å²) in [6.45, 7) is 0.0119. The van der Waals surface area contributed by atoms with Crippen molar-refractivity contribution in [3.05, 3.63) is 10.4 Å². The molecular weight excluding hydrogens is 162 g/mol. The van der Waals surface area contributed by atoms with Gasteiger partial charge in [-0.05, 0) is 5.53 Å². The van der Waals surface area contributed by atoms with Gasteiger partial charge in [0.15, 0.2) is 0 Å². The maximum Gasteiger partial charge on any atom is 0.0896 e. The highest BCUT2D eigenvalue weighted by atomic mass is 16.5. The lowest BCUT2D eigenvalue weighted by Gasteiger charge is -2.10. The zero-order valence-corrected chi connectivity index (χ0v) is 6.50.